The van der Waals surface area contributed by atoms with Crippen molar-refractivity contribution in [2.24, 2.45) is 0 Å². The summed E-state index contributed by atoms with van der Waals surface area (Å²) in [6.07, 6.45) is 1.56. The van der Waals surface area contributed by atoms with E-state index >= 15 is 0 Å². The summed E-state index contributed by atoms with van der Waals surface area (Å²) in [5.41, 5.74) is 0.313. The van der Waals surface area contributed by atoms with Crippen LogP contribution in [0.2, 0.25) is 4.34 Å². The van der Waals surface area contributed by atoms with E-state index in [2.05, 4.69) is 9.97 Å². The highest BCUT2D eigenvalue weighted by Crippen LogP contribution is 2.30. The Morgan fingerprint density at radius 3 is 3.00 bits per heavy atom. The van der Waals surface area contributed by atoms with Gasteiger partial charge in [-0.2, -0.15) is 0 Å². The Kier molecular flexibility index (Phi) is 3.52. The highest BCUT2D eigenvalue weighted by Gasteiger charge is 2.14. The molecule has 7 heteroatoms. The number of carbonyl (C=O) groups is 1. The van der Waals surface area contributed by atoms with Gasteiger partial charge in [-0.05, 0) is 6.92 Å². The molecule has 0 radical (unpaired) electrons. The maximum atomic E-state index is 11.4. The van der Waals surface area contributed by atoms with Crippen LogP contribution in [0, 0.1) is 0 Å². The molecule has 0 saturated heterocycles. The maximum absolute atomic E-state index is 11.4. The molecule has 2 aromatic rings. The second kappa shape index (κ2) is 4.90. The third-order valence-electron chi connectivity index (χ3n) is 1.65. The van der Waals surface area contributed by atoms with E-state index in [0.717, 1.165) is 0 Å². The molecule has 0 atom stereocenters. The van der Waals surface area contributed by atoms with Crippen LogP contribution in [0.3, 0.4) is 0 Å². The van der Waals surface area contributed by atoms with Crippen molar-refractivity contribution in [3.8, 4) is 10.0 Å². The van der Waals surface area contributed by atoms with E-state index < -0.39 is 5.97 Å². The van der Waals surface area contributed by atoms with Crippen molar-refractivity contribution >= 4 is 40.2 Å². The van der Waals surface area contributed by atoms with Crippen LogP contribution in [-0.4, -0.2) is 22.5 Å². The maximum Gasteiger partial charge on any atom is 0.357 e. The molecule has 0 aromatic carbocycles. The molecular weight excluding hydrogens is 268 g/mol. The van der Waals surface area contributed by atoms with Crippen molar-refractivity contribution in [2.45, 2.75) is 6.92 Å². The smallest absolute Gasteiger partial charge is 0.357 e. The molecule has 0 unspecified atom stereocenters. The van der Waals surface area contributed by atoms with Crippen LogP contribution in [0.15, 0.2) is 11.6 Å². The Morgan fingerprint density at radius 2 is 2.38 bits per heavy atom. The van der Waals surface area contributed by atoms with Gasteiger partial charge in [0.2, 0.25) is 0 Å². The molecule has 4 nitrogen and oxygen atoms in total. The fraction of sp³-hybridized carbons (Fsp3) is 0.222. The monoisotopic (exact) mass is 274 g/mol. The summed E-state index contributed by atoms with van der Waals surface area (Å²) in [7, 11) is 0. The van der Waals surface area contributed by atoms with Gasteiger partial charge in [-0.15, -0.1) is 11.3 Å². The van der Waals surface area contributed by atoms with Crippen LogP contribution in [-0.2, 0) is 4.74 Å². The molecule has 84 valence electrons. The average molecular weight is 275 g/mol. The van der Waals surface area contributed by atoms with Crippen LogP contribution in [0.1, 0.15) is 17.4 Å². The highest BCUT2D eigenvalue weighted by molar-refractivity contribution is 7.23. The molecule has 16 heavy (non-hydrogen) atoms. The lowest BCUT2D eigenvalue weighted by Gasteiger charge is -1.95. The first kappa shape index (κ1) is 11.5. The SMILES string of the molecule is CCOC(=O)c1csc(-c2ncc(Cl)s2)n1. The number of hydrogen-bond donors (Lipinski definition) is 0. The Morgan fingerprint density at radius 1 is 1.56 bits per heavy atom. The molecule has 2 rings (SSSR count). The van der Waals surface area contributed by atoms with Crippen molar-refractivity contribution in [3.63, 3.8) is 0 Å². The Labute approximate surface area is 105 Å². The molecule has 0 aliphatic carbocycles. The quantitative estimate of drug-likeness (QED) is 0.807. The number of hydrogen-bond acceptors (Lipinski definition) is 6. The number of nitrogens with zero attached hydrogens (tertiary/aromatic N) is 2. The minimum Gasteiger partial charge on any atom is -0.461 e. The summed E-state index contributed by atoms with van der Waals surface area (Å²) in [6.45, 7) is 2.10. The van der Waals surface area contributed by atoms with Gasteiger partial charge in [0.05, 0.1) is 12.8 Å². The van der Waals surface area contributed by atoms with Crippen molar-refractivity contribution in [1.29, 1.82) is 0 Å². The van der Waals surface area contributed by atoms with E-state index in [0.29, 0.717) is 26.7 Å². The fourth-order valence-electron chi connectivity index (χ4n) is 1.02. The number of aromatic nitrogens is 2. The van der Waals surface area contributed by atoms with E-state index in [-0.39, 0.29) is 0 Å². The minimum atomic E-state index is -0.410. The topological polar surface area (TPSA) is 52.1 Å². The summed E-state index contributed by atoms with van der Waals surface area (Å²) in [4.78, 5) is 19.6. The van der Waals surface area contributed by atoms with E-state index in [9.17, 15) is 4.79 Å². The standard InChI is InChI=1S/C9H7ClN2O2S2/c1-2-14-9(13)5-4-15-8(12-5)7-11-3-6(10)16-7/h3-4H,2H2,1H3. The van der Waals surface area contributed by atoms with Crippen molar-refractivity contribution in [3.05, 3.63) is 21.6 Å². The Hall–Kier alpha value is -0.980. The van der Waals surface area contributed by atoms with E-state index in [1.165, 1.54) is 22.7 Å². The molecular formula is C9H7ClN2O2S2. The number of thiazole rings is 2. The zero-order valence-corrected chi connectivity index (χ0v) is 10.7. The molecule has 0 aliphatic heterocycles. The molecule has 2 heterocycles. The fourth-order valence-corrected chi connectivity index (χ4v) is 2.77. The van der Waals surface area contributed by atoms with Gasteiger partial charge in [0, 0.05) is 5.38 Å². The van der Waals surface area contributed by atoms with Crippen molar-refractivity contribution in [1.82, 2.24) is 9.97 Å². The van der Waals surface area contributed by atoms with Gasteiger partial charge >= 0.3 is 5.97 Å². The molecule has 0 aliphatic rings. The zero-order chi connectivity index (χ0) is 11.5. The normalized spacial score (nSPS) is 10.4. The third kappa shape index (κ3) is 2.40. The third-order valence-corrected chi connectivity index (χ3v) is 3.75. The largest absolute Gasteiger partial charge is 0.461 e. The van der Waals surface area contributed by atoms with Crippen LogP contribution < -0.4 is 0 Å². The number of esters is 1. The van der Waals surface area contributed by atoms with Gasteiger partial charge in [-0.25, -0.2) is 14.8 Å². The van der Waals surface area contributed by atoms with Gasteiger partial charge in [-0.3, -0.25) is 0 Å². The van der Waals surface area contributed by atoms with E-state index in [1.54, 1.807) is 18.5 Å². The molecule has 0 N–H and O–H groups in total. The predicted octanol–water partition coefficient (Wildman–Crippen LogP) is 3.10. The summed E-state index contributed by atoms with van der Waals surface area (Å²) in [6, 6.07) is 0. The highest BCUT2D eigenvalue weighted by atomic mass is 35.5. The summed E-state index contributed by atoms with van der Waals surface area (Å²) in [5, 5.41) is 3.05. The number of rotatable bonds is 3. The lowest BCUT2D eigenvalue weighted by atomic mass is 10.5. The second-order valence-electron chi connectivity index (χ2n) is 2.73. The van der Waals surface area contributed by atoms with Gasteiger partial charge in [0.1, 0.15) is 4.34 Å². The van der Waals surface area contributed by atoms with Crippen LogP contribution in [0.25, 0.3) is 10.0 Å². The van der Waals surface area contributed by atoms with Gasteiger partial charge in [0.15, 0.2) is 15.7 Å². The lowest BCUT2D eigenvalue weighted by molar-refractivity contribution is 0.0520. The minimum absolute atomic E-state index is 0.313. The van der Waals surface area contributed by atoms with Crippen LogP contribution >= 0.6 is 34.3 Å². The first-order chi connectivity index (χ1) is 7.70. The van der Waals surface area contributed by atoms with Crippen LogP contribution in [0.4, 0.5) is 0 Å². The van der Waals surface area contributed by atoms with Gasteiger partial charge in [0.25, 0.3) is 0 Å². The Balaban J connectivity index is 2.22. The summed E-state index contributed by atoms with van der Waals surface area (Å²) in [5.74, 6) is -0.410. The summed E-state index contributed by atoms with van der Waals surface area (Å²) >= 11 is 8.45. The number of ether oxygens (including phenoxy) is 1. The zero-order valence-electron chi connectivity index (χ0n) is 8.27. The van der Waals surface area contributed by atoms with Crippen LogP contribution in [0.5, 0.6) is 0 Å². The van der Waals surface area contributed by atoms with Gasteiger partial charge in [-0.1, -0.05) is 22.9 Å². The van der Waals surface area contributed by atoms with Gasteiger partial charge < -0.3 is 4.74 Å². The number of carbonyl (C=O) groups excluding carboxylic acids is 1. The molecule has 0 saturated carbocycles. The molecule has 2 aromatic heterocycles. The van der Waals surface area contributed by atoms with E-state index in [4.69, 9.17) is 16.3 Å². The molecule has 0 fully saturated rings. The molecule has 0 spiro atoms. The predicted molar refractivity (Wildman–Crippen MR) is 64.2 cm³/mol. The Bertz CT molecular complexity index is 509. The lowest BCUT2D eigenvalue weighted by Crippen LogP contribution is -2.04. The second-order valence-corrected chi connectivity index (χ2v) is 5.25. The van der Waals surface area contributed by atoms with Crippen molar-refractivity contribution < 1.29 is 9.53 Å². The number of halogens is 1. The first-order valence-electron chi connectivity index (χ1n) is 4.45. The first-order valence-corrected chi connectivity index (χ1v) is 6.52. The molecule has 0 amide bonds. The molecule has 0 bridgehead atoms. The average Bonchev–Trinajstić information content (AvgIpc) is 2.85. The van der Waals surface area contributed by atoms with Crippen molar-refractivity contribution in [2.75, 3.05) is 6.61 Å². The van der Waals surface area contributed by atoms with E-state index in [1.807, 2.05) is 0 Å². The summed E-state index contributed by atoms with van der Waals surface area (Å²) < 4.78 is 5.44.